The SMILES string of the molecule is NCC1C[C@H]2CC[C@@H](C1)N2. The number of nitrogens with two attached hydrogens (primary N) is 1. The maximum Gasteiger partial charge on any atom is 0.00733 e. The molecule has 2 fully saturated rings. The lowest BCUT2D eigenvalue weighted by Gasteiger charge is -2.27. The van der Waals surface area contributed by atoms with Crippen molar-refractivity contribution >= 4 is 0 Å². The summed E-state index contributed by atoms with van der Waals surface area (Å²) in [5.74, 6) is 0.818. The highest BCUT2D eigenvalue weighted by atomic mass is 15.0. The number of nitrogens with one attached hydrogen (secondary N) is 1. The molecule has 0 radical (unpaired) electrons. The van der Waals surface area contributed by atoms with Crippen LogP contribution < -0.4 is 11.1 Å². The minimum Gasteiger partial charge on any atom is -0.330 e. The van der Waals surface area contributed by atoms with Gasteiger partial charge in [-0.25, -0.2) is 0 Å². The zero-order valence-electron chi connectivity index (χ0n) is 6.34. The Morgan fingerprint density at radius 3 is 2.30 bits per heavy atom. The molecular formula is C8H16N2. The molecule has 10 heavy (non-hydrogen) atoms. The molecule has 2 aliphatic heterocycles. The zero-order chi connectivity index (χ0) is 6.97. The molecular weight excluding hydrogens is 124 g/mol. The lowest BCUT2D eigenvalue weighted by molar-refractivity contribution is 0.306. The second-order valence-corrected chi connectivity index (χ2v) is 3.71. The summed E-state index contributed by atoms with van der Waals surface area (Å²) >= 11 is 0. The van der Waals surface area contributed by atoms with Crippen LogP contribution in [0.5, 0.6) is 0 Å². The van der Waals surface area contributed by atoms with E-state index in [0.29, 0.717) is 0 Å². The molecule has 2 saturated heterocycles. The Morgan fingerprint density at radius 1 is 1.20 bits per heavy atom. The van der Waals surface area contributed by atoms with E-state index in [4.69, 9.17) is 5.73 Å². The molecule has 0 amide bonds. The maximum atomic E-state index is 5.63. The Hall–Kier alpha value is -0.0800. The summed E-state index contributed by atoms with van der Waals surface area (Å²) in [5.41, 5.74) is 5.63. The van der Waals surface area contributed by atoms with Crippen LogP contribution in [0.3, 0.4) is 0 Å². The maximum absolute atomic E-state index is 5.63. The third-order valence-corrected chi connectivity index (χ3v) is 2.90. The highest BCUT2D eigenvalue weighted by Crippen LogP contribution is 2.29. The summed E-state index contributed by atoms with van der Waals surface area (Å²) in [6.07, 6.45) is 5.43. The van der Waals surface area contributed by atoms with Crippen LogP contribution in [0.25, 0.3) is 0 Å². The molecule has 0 aromatic carbocycles. The van der Waals surface area contributed by atoms with Gasteiger partial charge < -0.3 is 11.1 Å². The highest BCUT2D eigenvalue weighted by Gasteiger charge is 2.32. The van der Waals surface area contributed by atoms with E-state index in [2.05, 4.69) is 5.32 Å². The van der Waals surface area contributed by atoms with Crippen LogP contribution >= 0.6 is 0 Å². The van der Waals surface area contributed by atoms with E-state index in [-0.39, 0.29) is 0 Å². The quantitative estimate of drug-likeness (QED) is 0.556. The van der Waals surface area contributed by atoms with Crippen LogP contribution in [0.4, 0.5) is 0 Å². The summed E-state index contributed by atoms with van der Waals surface area (Å²) in [6.45, 7) is 0.898. The molecule has 2 heteroatoms. The van der Waals surface area contributed by atoms with Crippen molar-refractivity contribution in [2.75, 3.05) is 6.54 Å². The summed E-state index contributed by atoms with van der Waals surface area (Å²) in [7, 11) is 0. The second-order valence-electron chi connectivity index (χ2n) is 3.71. The zero-order valence-corrected chi connectivity index (χ0v) is 6.34. The fourth-order valence-corrected chi connectivity index (χ4v) is 2.37. The molecule has 0 aliphatic carbocycles. The number of hydrogen-bond donors (Lipinski definition) is 2. The van der Waals surface area contributed by atoms with Gasteiger partial charge in [-0.15, -0.1) is 0 Å². The summed E-state index contributed by atoms with van der Waals surface area (Å²) in [5, 5.41) is 3.60. The van der Waals surface area contributed by atoms with Crippen molar-refractivity contribution in [3.8, 4) is 0 Å². The average molecular weight is 140 g/mol. The Morgan fingerprint density at radius 2 is 1.80 bits per heavy atom. The average Bonchev–Trinajstić information content (AvgIpc) is 2.30. The molecule has 3 atom stereocenters. The Bertz CT molecular complexity index is 112. The monoisotopic (exact) mass is 140 g/mol. The van der Waals surface area contributed by atoms with E-state index >= 15 is 0 Å². The van der Waals surface area contributed by atoms with E-state index in [1.54, 1.807) is 0 Å². The van der Waals surface area contributed by atoms with Crippen molar-refractivity contribution in [2.24, 2.45) is 11.7 Å². The summed E-state index contributed by atoms with van der Waals surface area (Å²) in [6, 6.07) is 1.62. The fraction of sp³-hybridized carbons (Fsp3) is 1.00. The fourth-order valence-electron chi connectivity index (χ4n) is 2.37. The first-order valence-corrected chi connectivity index (χ1v) is 4.34. The second kappa shape index (κ2) is 2.51. The third kappa shape index (κ3) is 1.06. The molecule has 1 unspecified atom stereocenters. The highest BCUT2D eigenvalue weighted by molar-refractivity contribution is 4.91. The summed E-state index contributed by atoms with van der Waals surface area (Å²) in [4.78, 5) is 0. The molecule has 0 spiro atoms. The Labute approximate surface area is 62.2 Å². The number of rotatable bonds is 1. The predicted octanol–water partition coefficient (Wildman–Crippen LogP) is 0.476. The number of fused-ring (bicyclic) bond motifs is 2. The van der Waals surface area contributed by atoms with Crippen LogP contribution in [-0.2, 0) is 0 Å². The van der Waals surface area contributed by atoms with Crippen LogP contribution in [0.2, 0.25) is 0 Å². The van der Waals surface area contributed by atoms with Crippen molar-refractivity contribution in [1.82, 2.24) is 5.32 Å². The molecule has 2 bridgehead atoms. The van der Waals surface area contributed by atoms with Gasteiger partial charge in [0.1, 0.15) is 0 Å². The van der Waals surface area contributed by atoms with Crippen molar-refractivity contribution in [3.63, 3.8) is 0 Å². The lowest BCUT2D eigenvalue weighted by Crippen LogP contribution is -2.40. The molecule has 2 aliphatic rings. The van der Waals surface area contributed by atoms with Gasteiger partial charge in [-0.2, -0.15) is 0 Å². The summed E-state index contributed by atoms with van der Waals surface area (Å²) < 4.78 is 0. The first kappa shape index (κ1) is 6.62. The first-order chi connectivity index (χ1) is 4.88. The largest absolute Gasteiger partial charge is 0.330 e. The van der Waals surface area contributed by atoms with E-state index in [9.17, 15) is 0 Å². The van der Waals surface area contributed by atoms with Crippen molar-refractivity contribution in [2.45, 2.75) is 37.8 Å². The number of piperidine rings is 1. The first-order valence-electron chi connectivity index (χ1n) is 4.34. The van der Waals surface area contributed by atoms with Gasteiger partial charge in [0.15, 0.2) is 0 Å². The van der Waals surface area contributed by atoms with Crippen LogP contribution in [0.15, 0.2) is 0 Å². The van der Waals surface area contributed by atoms with E-state index in [1.807, 2.05) is 0 Å². The smallest absolute Gasteiger partial charge is 0.00733 e. The normalized spacial score (nSPS) is 45.9. The van der Waals surface area contributed by atoms with Gasteiger partial charge in [0.2, 0.25) is 0 Å². The molecule has 2 heterocycles. The number of hydrogen-bond acceptors (Lipinski definition) is 2. The van der Waals surface area contributed by atoms with E-state index in [1.165, 1.54) is 25.7 Å². The lowest BCUT2D eigenvalue weighted by atomic mass is 9.93. The van der Waals surface area contributed by atoms with Crippen LogP contribution in [-0.4, -0.2) is 18.6 Å². The van der Waals surface area contributed by atoms with Gasteiger partial charge in [-0.3, -0.25) is 0 Å². The van der Waals surface area contributed by atoms with Gasteiger partial charge >= 0.3 is 0 Å². The third-order valence-electron chi connectivity index (χ3n) is 2.90. The van der Waals surface area contributed by atoms with E-state index in [0.717, 1.165) is 24.5 Å². The standard InChI is InChI=1S/C8H16N2/c9-5-6-3-7-1-2-8(4-6)10-7/h6-8,10H,1-5,9H2/t6?,7-,8+. The molecule has 3 N–H and O–H groups in total. The minimum atomic E-state index is 0.812. The van der Waals surface area contributed by atoms with Gasteiger partial charge in [0, 0.05) is 12.1 Å². The van der Waals surface area contributed by atoms with Gasteiger partial charge in [0.05, 0.1) is 0 Å². The van der Waals surface area contributed by atoms with Crippen molar-refractivity contribution in [1.29, 1.82) is 0 Å². The minimum absolute atomic E-state index is 0.812. The molecule has 2 rings (SSSR count). The molecule has 0 saturated carbocycles. The van der Waals surface area contributed by atoms with Gasteiger partial charge in [-0.05, 0) is 38.1 Å². The Balaban J connectivity index is 1.96. The van der Waals surface area contributed by atoms with Crippen LogP contribution in [0, 0.1) is 5.92 Å². The Kier molecular flexibility index (Phi) is 1.66. The van der Waals surface area contributed by atoms with Crippen molar-refractivity contribution in [3.05, 3.63) is 0 Å². The van der Waals surface area contributed by atoms with Gasteiger partial charge in [0.25, 0.3) is 0 Å². The van der Waals surface area contributed by atoms with Crippen molar-refractivity contribution < 1.29 is 0 Å². The topological polar surface area (TPSA) is 38.0 Å². The molecule has 58 valence electrons. The molecule has 2 nitrogen and oxygen atoms in total. The van der Waals surface area contributed by atoms with Crippen LogP contribution in [0.1, 0.15) is 25.7 Å². The predicted molar refractivity (Wildman–Crippen MR) is 41.7 cm³/mol. The molecule has 0 aromatic rings. The molecule has 0 aromatic heterocycles. The van der Waals surface area contributed by atoms with E-state index < -0.39 is 0 Å². The van der Waals surface area contributed by atoms with Gasteiger partial charge in [-0.1, -0.05) is 0 Å².